The van der Waals surface area contributed by atoms with Gasteiger partial charge in [-0.25, -0.2) is 4.68 Å². The fraction of sp³-hybridized carbons (Fsp3) is 0.571. The Balaban J connectivity index is 1.80. The smallest absolute Gasteiger partial charge is 0.333 e. The molecule has 3 rings (SSSR count). The summed E-state index contributed by atoms with van der Waals surface area (Å²) in [5.74, 6) is 0.539. The first-order valence-electron chi connectivity index (χ1n) is 7.49. The number of nitro groups is 1. The maximum Gasteiger partial charge on any atom is 0.333 e. The minimum absolute atomic E-state index is 0.0714. The molecule has 0 spiro atoms. The molecule has 0 saturated carbocycles. The van der Waals surface area contributed by atoms with Gasteiger partial charge >= 0.3 is 5.69 Å². The van der Waals surface area contributed by atoms with Gasteiger partial charge in [0.1, 0.15) is 5.69 Å². The molecule has 0 N–H and O–H groups in total. The molecule has 2 aromatic heterocycles. The summed E-state index contributed by atoms with van der Waals surface area (Å²) in [4.78, 5) is 13.0. The molecule has 9 nitrogen and oxygen atoms in total. The van der Waals surface area contributed by atoms with E-state index in [2.05, 4.69) is 10.2 Å². The van der Waals surface area contributed by atoms with Gasteiger partial charge in [-0.15, -0.1) is 0 Å². The maximum atomic E-state index is 11.4. The third kappa shape index (κ3) is 3.04. The highest BCUT2D eigenvalue weighted by Gasteiger charge is 2.32. The third-order valence-electron chi connectivity index (χ3n) is 3.93. The Bertz CT molecular complexity index is 722. The zero-order chi connectivity index (χ0) is 16.6. The molecule has 0 amide bonds. The van der Waals surface area contributed by atoms with Gasteiger partial charge in [-0.3, -0.25) is 14.8 Å². The number of rotatable bonds is 4. The lowest BCUT2D eigenvalue weighted by Crippen LogP contribution is -2.45. The van der Waals surface area contributed by atoms with Gasteiger partial charge in [-0.05, 0) is 19.4 Å². The van der Waals surface area contributed by atoms with Crippen LogP contribution in [0.5, 0.6) is 0 Å². The van der Waals surface area contributed by atoms with Crippen molar-refractivity contribution in [3.8, 4) is 0 Å². The molecule has 23 heavy (non-hydrogen) atoms. The summed E-state index contributed by atoms with van der Waals surface area (Å²) in [5.41, 5.74) is 1.59. The predicted molar refractivity (Wildman–Crippen MR) is 83.5 cm³/mol. The van der Waals surface area contributed by atoms with Gasteiger partial charge in [0.25, 0.3) is 0 Å². The van der Waals surface area contributed by atoms with Crippen LogP contribution in [0.2, 0.25) is 0 Å². The molecule has 0 radical (unpaired) electrons. The second kappa shape index (κ2) is 5.99. The lowest BCUT2D eigenvalue weighted by Gasteiger charge is -2.33. The zero-order valence-electron chi connectivity index (χ0n) is 13.5. The normalized spacial score (nSPS) is 18.4. The number of anilines is 1. The van der Waals surface area contributed by atoms with E-state index < -0.39 is 0 Å². The number of nitrogens with zero attached hydrogens (tertiary/aromatic N) is 6. The molecular weight excluding hydrogens is 300 g/mol. The van der Waals surface area contributed by atoms with Crippen LogP contribution in [0.25, 0.3) is 0 Å². The second-order valence-corrected chi connectivity index (χ2v) is 5.82. The standard InChI is InChI=1S/C14H20N6O3/c1-10-6-15-19(7-10)9-12-8-18(4-5-23-12)14-13(20(21)22)11(2)16-17(14)3/h6-7,12H,4-5,8-9H2,1-3H3. The molecule has 3 heterocycles. The molecule has 1 atom stereocenters. The first kappa shape index (κ1) is 15.5. The van der Waals surface area contributed by atoms with Crippen LogP contribution >= 0.6 is 0 Å². The number of ether oxygens (including phenoxy) is 1. The van der Waals surface area contributed by atoms with Crippen LogP contribution in [0, 0.1) is 24.0 Å². The summed E-state index contributed by atoms with van der Waals surface area (Å²) in [6, 6.07) is 0. The summed E-state index contributed by atoms with van der Waals surface area (Å²) in [6.07, 6.45) is 3.69. The fourth-order valence-electron chi connectivity index (χ4n) is 3.00. The maximum absolute atomic E-state index is 11.4. The minimum Gasteiger partial charge on any atom is -0.373 e. The summed E-state index contributed by atoms with van der Waals surface area (Å²) in [7, 11) is 1.73. The monoisotopic (exact) mass is 320 g/mol. The van der Waals surface area contributed by atoms with Gasteiger partial charge in [-0.2, -0.15) is 10.2 Å². The summed E-state index contributed by atoms with van der Waals surface area (Å²) in [6.45, 7) is 5.96. The van der Waals surface area contributed by atoms with Crippen LogP contribution < -0.4 is 4.90 Å². The molecule has 1 aliphatic rings. The average Bonchev–Trinajstić information content (AvgIpc) is 3.02. The number of aryl methyl sites for hydroxylation is 3. The predicted octanol–water partition coefficient (Wildman–Crippen LogP) is 1.05. The van der Waals surface area contributed by atoms with Crippen molar-refractivity contribution in [2.24, 2.45) is 7.05 Å². The number of hydrogen-bond donors (Lipinski definition) is 0. The quantitative estimate of drug-likeness (QED) is 0.617. The summed E-state index contributed by atoms with van der Waals surface area (Å²) in [5, 5.41) is 19.8. The van der Waals surface area contributed by atoms with Crippen LogP contribution in [0.1, 0.15) is 11.3 Å². The summed E-state index contributed by atoms with van der Waals surface area (Å²) < 4.78 is 9.20. The van der Waals surface area contributed by atoms with Gasteiger partial charge < -0.3 is 9.64 Å². The Morgan fingerprint density at radius 3 is 2.91 bits per heavy atom. The Kier molecular flexibility index (Phi) is 4.03. The SMILES string of the molecule is Cc1cnn(CC2CN(c3c([N+](=O)[O-])c(C)nn3C)CCO2)c1. The molecule has 1 aliphatic heterocycles. The Labute approximate surface area is 133 Å². The lowest BCUT2D eigenvalue weighted by atomic mass is 10.2. The van der Waals surface area contributed by atoms with Gasteiger partial charge in [0.05, 0.1) is 30.4 Å². The van der Waals surface area contributed by atoms with Crippen LogP contribution in [0.4, 0.5) is 11.5 Å². The van der Waals surface area contributed by atoms with Gasteiger partial charge in [0.15, 0.2) is 0 Å². The van der Waals surface area contributed by atoms with E-state index in [1.54, 1.807) is 24.9 Å². The molecule has 0 aliphatic carbocycles. The van der Waals surface area contributed by atoms with Crippen molar-refractivity contribution in [1.29, 1.82) is 0 Å². The van der Waals surface area contributed by atoms with Gasteiger partial charge in [0, 0.05) is 26.3 Å². The minimum atomic E-state index is -0.362. The molecule has 1 fully saturated rings. The van der Waals surface area contributed by atoms with Crippen molar-refractivity contribution in [3.05, 3.63) is 33.8 Å². The van der Waals surface area contributed by atoms with E-state index in [1.165, 1.54) is 0 Å². The third-order valence-corrected chi connectivity index (χ3v) is 3.93. The molecule has 124 valence electrons. The molecule has 0 aromatic carbocycles. The van der Waals surface area contributed by atoms with E-state index in [-0.39, 0.29) is 16.7 Å². The first-order valence-corrected chi connectivity index (χ1v) is 7.49. The van der Waals surface area contributed by atoms with Crippen LogP contribution in [0.3, 0.4) is 0 Å². The molecule has 0 bridgehead atoms. The number of hydrogen-bond acceptors (Lipinski definition) is 6. The van der Waals surface area contributed by atoms with Crippen molar-refractivity contribution in [3.63, 3.8) is 0 Å². The van der Waals surface area contributed by atoms with Crippen molar-refractivity contribution < 1.29 is 9.66 Å². The Morgan fingerprint density at radius 2 is 2.26 bits per heavy atom. The van der Waals surface area contributed by atoms with Crippen LogP contribution in [-0.4, -0.2) is 50.3 Å². The average molecular weight is 320 g/mol. The van der Waals surface area contributed by atoms with Crippen LogP contribution in [0.15, 0.2) is 12.4 Å². The topological polar surface area (TPSA) is 91.3 Å². The van der Waals surface area contributed by atoms with Gasteiger partial charge in [0.2, 0.25) is 5.82 Å². The van der Waals surface area contributed by atoms with Crippen molar-refractivity contribution in [2.75, 3.05) is 24.6 Å². The van der Waals surface area contributed by atoms with E-state index in [0.717, 1.165) is 5.56 Å². The molecular formula is C14H20N6O3. The zero-order valence-corrected chi connectivity index (χ0v) is 13.5. The van der Waals surface area contributed by atoms with E-state index in [9.17, 15) is 10.1 Å². The Morgan fingerprint density at radius 1 is 1.48 bits per heavy atom. The van der Waals surface area contributed by atoms with Crippen LogP contribution in [-0.2, 0) is 18.3 Å². The molecule has 1 saturated heterocycles. The van der Waals surface area contributed by atoms with Crippen molar-refractivity contribution in [2.45, 2.75) is 26.5 Å². The fourth-order valence-corrected chi connectivity index (χ4v) is 3.00. The van der Waals surface area contributed by atoms with Crippen molar-refractivity contribution in [1.82, 2.24) is 19.6 Å². The lowest BCUT2D eigenvalue weighted by molar-refractivity contribution is -0.384. The highest BCUT2D eigenvalue weighted by Crippen LogP contribution is 2.32. The van der Waals surface area contributed by atoms with E-state index in [0.29, 0.717) is 37.8 Å². The van der Waals surface area contributed by atoms with Crippen molar-refractivity contribution >= 4 is 11.5 Å². The highest BCUT2D eigenvalue weighted by atomic mass is 16.6. The van der Waals surface area contributed by atoms with E-state index in [1.807, 2.05) is 22.7 Å². The Hall–Kier alpha value is -2.42. The largest absolute Gasteiger partial charge is 0.373 e. The molecule has 2 aromatic rings. The number of aromatic nitrogens is 4. The molecule has 1 unspecified atom stereocenters. The van der Waals surface area contributed by atoms with E-state index >= 15 is 0 Å². The van der Waals surface area contributed by atoms with Gasteiger partial charge in [-0.1, -0.05) is 0 Å². The second-order valence-electron chi connectivity index (χ2n) is 5.82. The highest BCUT2D eigenvalue weighted by molar-refractivity contribution is 5.61. The number of morpholine rings is 1. The first-order chi connectivity index (χ1) is 11.0. The summed E-state index contributed by atoms with van der Waals surface area (Å²) >= 11 is 0. The molecule has 9 heteroatoms. The van der Waals surface area contributed by atoms with E-state index in [4.69, 9.17) is 4.74 Å².